The maximum absolute atomic E-state index is 13.0. The topological polar surface area (TPSA) is 559 Å². The number of aromatic nitrogens is 2. The Morgan fingerprint density at radius 2 is 0.647 bits per heavy atom. The smallest absolute Gasteiger partial charge is 0.187 e. The van der Waals surface area contributed by atoms with Gasteiger partial charge >= 0.3 is 0 Å². The summed E-state index contributed by atoms with van der Waals surface area (Å²) >= 11 is 0.930. The number of H-pyrrole nitrogens is 1. The summed E-state index contributed by atoms with van der Waals surface area (Å²) in [5.41, 5.74) is 0.484. The normalized spacial score (nSPS) is 51.2. The second kappa shape index (κ2) is 29.0. The molecule has 14 unspecified atom stereocenters. The lowest BCUT2D eigenvalue weighted by Crippen LogP contribution is -2.68. The summed E-state index contributed by atoms with van der Waals surface area (Å²) in [7, 11) is 0. The van der Waals surface area contributed by atoms with Crippen LogP contribution in [-0.2, 0) is 77.5 Å². The number of aromatic amines is 1. The molecule has 0 spiro atoms. The van der Waals surface area contributed by atoms with Gasteiger partial charge in [-0.3, -0.25) is 4.79 Å². The summed E-state index contributed by atoms with van der Waals surface area (Å²) in [6.45, 7) is -3.83. The Kier molecular flexibility index (Phi) is 23.0. The third-order valence-electron chi connectivity index (χ3n) is 16.0. The molecule has 21 aliphatic rings. The molecule has 1 aromatic rings. The average molecular weight is 1260 g/mol. The number of ketones is 1. The van der Waals surface area contributed by atoms with Crippen LogP contribution < -0.4 is 0 Å². The Balaban J connectivity index is 0.999. The van der Waals surface area contributed by atoms with Crippen LogP contribution in [0.2, 0.25) is 0 Å². The van der Waals surface area contributed by atoms with Crippen molar-refractivity contribution in [3.63, 3.8) is 0 Å². The minimum Gasteiger partial charge on any atom is -0.394 e. The second-order valence-electron chi connectivity index (χ2n) is 21.8. The fraction of sp³-hybridized carbons (Fsp3) is 0.917. The van der Waals surface area contributed by atoms with Gasteiger partial charge in [-0.05, 0) is 6.92 Å². The molecule has 0 aromatic carbocycles. The molecule has 21 saturated heterocycles. The maximum atomic E-state index is 13.0. The van der Waals surface area contributed by atoms with Gasteiger partial charge in [0.15, 0.2) is 44.0 Å². The zero-order valence-electron chi connectivity index (χ0n) is 45.0. The zero-order valence-corrected chi connectivity index (χ0v) is 45.8. The third kappa shape index (κ3) is 14.1. The first kappa shape index (κ1) is 67.3. The molecule has 37 heteroatoms. The lowest BCUT2D eigenvalue weighted by molar-refractivity contribution is -0.395. The van der Waals surface area contributed by atoms with E-state index >= 15 is 0 Å². The highest BCUT2D eigenvalue weighted by Gasteiger charge is 2.59. The van der Waals surface area contributed by atoms with Crippen molar-refractivity contribution in [3.05, 3.63) is 18.2 Å². The average Bonchev–Trinajstić information content (AvgIpc) is 4.17. The van der Waals surface area contributed by atoms with Gasteiger partial charge in [-0.1, -0.05) is 0 Å². The van der Waals surface area contributed by atoms with E-state index in [1.165, 1.54) is 19.4 Å². The van der Waals surface area contributed by atoms with E-state index in [1.807, 2.05) is 0 Å². The maximum Gasteiger partial charge on any atom is 0.187 e. The predicted octanol–water partition coefficient (Wildman–Crippen LogP) is -12.9. The van der Waals surface area contributed by atoms with Crippen molar-refractivity contribution < 1.29 is 168 Å². The van der Waals surface area contributed by atoms with E-state index < -0.39 is 248 Å². The highest BCUT2D eigenvalue weighted by molar-refractivity contribution is 8.00. The Morgan fingerprint density at radius 3 is 0.929 bits per heavy atom. The van der Waals surface area contributed by atoms with Crippen LogP contribution in [0.1, 0.15) is 12.6 Å². The zero-order chi connectivity index (χ0) is 61.5. The Hall–Kier alpha value is -2.09. The fourth-order valence-electron chi connectivity index (χ4n) is 11.3. The van der Waals surface area contributed by atoms with Crippen molar-refractivity contribution in [2.45, 2.75) is 228 Å². The number of carbonyl (C=O) groups excluding carboxylic acids is 1. The van der Waals surface area contributed by atoms with Crippen molar-refractivity contribution in [1.29, 1.82) is 0 Å². The van der Waals surface area contributed by atoms with Crippen molar-refractivity contribution in [2.75, 3.05) is 44.5 Å². The molecule has 488 valence electrons. The van der Waals surface area contributed by atoms with Crippen molar-refractivity contribution >= 4 is 17.5 Å². The molecule has 36 nitrogen and oxygen atoms in total. The van der Waals surface area contributed by atoms with Crippen LogP contribution in [0.15, 0.2) is 12.5 Å². The van der Waals surface area contributed by atoms with E-state index in [-0.39, 0.29) is 23.7 Å². The first-order valence-corrected chi connectivity index (χ1v) is 28.5. The number of carbonyl (C=O) groups is 1. The molecule has 20 N–H and O–H groups in total. The monoisotopic (exact) mass is 1260 g/mol. The van der Waals surface area contributed by atoms with Gasteiger partial charge in [0.25, 0.3) is 0 Å². The quantitative estimate of drug-likeness (QED) is 0.0978. The fourth-order valence-corrected chi connectivity index (χ4v) is 12.3. The van der Waals surface area contributed by atoms with Gasteiger partial charge in [0.1, 0.15) is 164 Å². The number of nitrogens with zero attached hydrogens (tertiary/aromatic N) is 1. The van der Waals surface area contributed by atoms with Crippen LogP contribution in [-0.4, -0.2) is 372 Å². The van der Waals surface area contributed by atoms with Crippen LogP contribution in [0, 0.1) is 0 Å². The first-order valence-electron chi connectivity index (χ1n) is 27.3. The van der Waals surface area contributed by atoms with E-state index in [9.17, 15) is 102 Å². The number of hydrogen-bond acceptors (Lipinski definition) is 36. The molecule has 0 aliphatic carbocycles. The second-order valence-corrected chi connectivity index (χ2v) is 22.8. The number of ether oxygens (including phenoxy) is 14. The number of nitrogens with one attached hydrogen (secondary N) is 1. The van der Waals surface area contributed by atoms with Crippen molar-refractivity contribution in [3.8, 4) is 0 Å². The van der Waals surface area contributed by atoms with E-state index in [4.69, 9.17) is 66.3 Å². The molecule has 22 rings (SSSR count). The Labute approximate surface area is 485 Å². The molecule has 0 radical (unpaired) electrons. The van der Waals surface area contributed by atoms with E-state index in [0.717, 1.165) is 11.8 Å². The lowest BCUT2D eigenvalue weighted by atomic mass is 9.95. The van der Waals surface area contributed by atoms with Crippen LogP contribution in [0.25, 0.3) is 0 Å². The number of hydrogen-bond donors (Lipinski definition) is 20. The standard InChI is InChI=1S/C48H76N2O34S/c1-12-35-21(57)28(64)42(71-12)79-36-15(4-51)73-44(30(66)23(36)59)81-38-17(6-53)74-45(31(67)24(38)60)82-39-18(7-54)76-47(33(69)26(39)62)84-41-20(10-85-9-14(56)2-13-3-49-11-50-13)77-48(34(70)27(41)63)83-40-19(8-55)75-46(32(68)25(40)61)80-37-16(5-52)72-43(78-35)29(65)22(37)58/h3,11-12,15-48,51-55,57-70H,2,4-10H2,1H3,(H,49,50)/t12?,15?,16?,17?,18?,19?,20?,21-,22-,23-,24-,25-,26-,27-,28?,29?,30?,31?,32?,33?,34?,35-,36-,37-,38-,39-,40-,41-,42+,43+,44-,45-,46+,47-,48-/m1/s1. The van der Waals surface area contributed by atoms with E-state index in [1.54, 1.807) is 0 Å². The third-order valence-corrected chi connectivity index (χ3v) is 17.1. The number of rotatable bonds is 11. The largest absolute Gasteiger partial charge is 0.394 e. The number of Topliss-reactive ketones (excluding diaryl/α,β-unsaturated/α-hetero) is 1. The highest BCUT2D eigenvalue weighted by atomic mass is 32.2. The summed E-state index contributed by atoms with van der Waals surface area (Å²) < 4.78 is 81.5. The molecule has 1 aromatic heterocycles. The lowest BCUT2D eigenvalue weighted by Gasteiger charge is -2.50. The molecular formula is C48H76N2O34S. The molecule has 35 atom stereocenters. The summed E-state index contributed by atoms with van der Waals surface area (Å²) in [6, 6.07) is 0. The minimum atomic E-state index is -2.21. The molecule has 21 aliphatic heterocycles. The number of imidazole rings is 1. The van der Waals surface area contributed by atoms with Gasteiger partial charge in [0.05, 0.1) is 57.3 Å². The Bertz CT molecular complexity index is 2230. The number of thioether (sulfide) groups is 1. The van der Waals surface area contributed by atoms with Gasteiger partial charge in [-0.2, -0.15) is 11.8 Å². The Morgan fingerprint density at radius 1 is 0.388 bits per heavy atom. The van der Waals surface area contributed by atoms with Crippen LogP contribution in [0.3, 0.4) is 0 Å². The van der Waals surface area contributed by atoms with Crippen LogP contribution >= 0.6 is 11.8 Å². The molecule has 21 fully saturated rings. The highest BCUT2D eigenvalue weighted by Crippen LogP contribution is 2.39. The summed E-state index contributed by atoms with van der Waals surface area (Å²) in [6.07, 6.45) is -65.5. The van der Waals surface area contributed by atoms with Crippen molar-refractivity contribution in [1.82, 2.24) is 9.97 Å². The SMILES string of the molecule is CC1O[C@H]2O[C@@H]3C(CO)O[C@H](O[C@@H]4C(CO)O[C@H](O[C@@H]5C(CO)O[C@H](O[C@@H]6C(CSCC(=O)Cc7cnc[nH]7)O[C@H](O[C@@H]7C(CO)O[C@@H](O[C@@H]8C(CO)O[C@@H](O[C@H]1[C@H](O)C2O)C(O)[C@H]8O)C(O)[C@H]7O)C(O)[C@H]6O)C(O)[C@H]5O)C(O)[C@H]4O)C(O)[C@H]3O. The minimum absolute atomic E-state index is 0.0775. The molecule has 0 saturated carbocycles. The van der Waals surface area contributed by atoms with Gasteiger partial charge < -0.3 is 168 Å². The van der Waals surface area contributed by atoms with E-state index in [0.29, 0.717) is 5.69 Å². The van der Waals surface area contributed by atoms with Crippen LogP contribution in [0.5, 0.6) is 0 Å². The summed E-state index contributed by atoms with van der Waals surface area (Å²) in [5, 5.41) is 213. The molecule has 22 heterocycles. The van der Waals surface area contributed by atoms with Gasteiger partial charge in [-0.15, -0.1) is 0 Å². The first-order chi connectivity index (χ1) is 40.5. The molecule has 14 bridgehead atoms. The van der Waals surface area contributed by atoms with Crippen LogP contribution in [0.4, 0.5) is 0 Å². The van der Waals surface area contributed by atoms with Gasteiger partial charge in [0.2, 0.25) is 0 Å². The van der Waals surface area contributed by atoms with Gasteiger partial charge in [0, 0.05) is 24.1 Å². The molecule has 85 heavy (non-hydrogen) atoms. The van der Waals surface area contributed by atoms with Crippen molar-refractivity contribution in [2.24, 2.45) is 0 Å². The molecule has 0 amide bonds. The van der Waals surface area contributed by atoms with Gasteiger partial charge in [-0.25, -0.2) is 4.98 Å². The molecular weight excluding hydrogens is 1180 g/mol. The summed E-state index contributed by atoms with van der Waals surface area (Å²) in [5.74, 6) is -0.810. The van der Waals surface area contributed by atoms with E-state index in [2.05, 4.69) is 9.97 Å². The summed E-state index contributed by atoms with van der Waals surface area (Å²) in [4.78, 5) is 19.7. The predicted molar refractivity (Wildman–Crippen MR) is 265 cm³/mol. The number of aliphatic hydroxyl groups is 19. The number of aliphatic hydroxyl groups excluding tert-OH is 19.